The largest absolute Gasteiger partial charge is 0.481 e. The van der Waals surface area contributed by atoms with Crippen molar-refractivity contribution in [3.8, 4) is 5.75 Å². The van der Waals surface area contributed by atoms with Crippen LogP contribution >= 0.6 is 0 Å². The number of carbonyl (C=O) groups is 1. The van der Waals surface area contributed by atoms with E-state index in [-0.39, 0.29) is 12.5 Å². The Morgan fingerprint density at radius 3 is 2.42 bits per heavy atom. The molecule has 4 heteroatoms. The Hall–Kier alpha value is -1.55. The molecule has 1 aromatic carbocycles. The van der Waals surface area contributed by atoms with Crippen molar-refractivity contribution in [2.75, 3.05) is 13.6 Å². The summed E-state index contributed by atoms with van der Waals surface area (Å²) in [6.07, 6.45) is 0.0685. The number of para-hydroxylation sites is 1. The summed E-state index contributed by atoms with van der Waals surface area (Å²) in [7, 11) is 1.68. The molecule has 0 saturated carbocycles. The molecule has 1 unspecified atom stereocenters. The van der Waals surface area contributed by atoms with Crippen LogP contribution in [0.3, 0.4) is 0 Å². The molecule has 0 saturated heterocycles. The van der Waals surface area contributed by atoms with Crippen molar-refractivity contribution in [3.05, 3.63) is 30.3 Å². The van der Waals surface area contributed by atoms with E-state index in [9.17, 15) is 9.90 Å². The van der Waals surface area contributed by atoms with Gasteiger partial charge in [-0.1, -0.05) is 25.1 Å². The summed E-state index contributed by atoms with van der Waals surface area (Å²) in [5.41, 5.74) is -0.907. The normalized spacial score (nSPS) is 12.9. The second-order valence-corrected chi connectivity index (χ2v) is 5.33. The van der Waals surface area contributed by atoms with E-state index in [0.717, 1.165) is 0 Å². The third kappa shape index (κ3) is 5.30. The molecule has 0 bridgehead atoms. The van der Waals surface area contributed by atoms with Crippen LogP contribution in [0.2, 0.25) is 0 Å². The first-order valence-electron chi connectivity index (χ1n) is 6.52. The lowest BCUT2D eigenvalue weighted by Gasteiger charge is -2.28. The Labute approximate surface area is 115 Å². The number of carbonyl (C=O) groups excluding carboxylic acids is 1. The minimum Gasteiger partial charge on any atom is -0.481 e. The Morgan fingerprint density at radius 2 is 1.95 bits per heavy atom. The summed E-state index contributed by atoms with van der Waals surface area (Å²) in [6.45, 7) is 5.54. The molecule has 0 fully saturated rings. The van der Waals surface area contributed by atoms with Gasteiger partial charge in [0.05, 0.1) is 5.60 Å². The number of aliphatic hydroxyl groups is 1. The molecule has 19 heavy (non-hydrogen) atoms. The standard InChI is InChI=1S/C15H23NO3/c1-5-13(19-12-9-7-6-8-10-12)14(17)16(4)11-15(2,3)18/h6-10,13,18H,5,11H2,1-4H3. The SMILES string of the molecule is CCC(Oc1ccccc1)C(=O)N(C)CC(C)(C)O. The van der Waals surface area contributed by atoms with E-state index in [0.29, 0.717) is 12.2 Å². The van der Waals surface area contributed by atoms with Crippen molar-refractivity contribution in [2.45, 2.75) is 38.9 Å². The number of ether oxygens (including phenoxy) is 1. The molecule has 0 heterocycles. The fourth-order valence-corrected chi connectivity index (χ4v) is 1.88. The molecule has 0 radical (unpaired) electrons. The van der Waals surface area contributed by atoms with Gasteiger partial charge in [-0.05, 0) is 32.4 Å². The Kier molecular flexibility index (Phi) is 5.36. The smallest absolute Gasteiger partial charge is 0.263 e. The van der Waals surface area contributed by atoms with Crippen LogP contribution in [0.15, 0.2) is 30.3 Å². The summed E-state index contributed by atoms with van der Waals surface area (Å²) >= 11 is 0. The highest BCUT2D eigenvalue weighted by molar-refractivity contribution is 5.81. The first-order chi connectivity index (χ1) is 8.83. The highest BCUT2D eigenvalue weighted by atomic mass is 16.5. The van der Waals surface area contributed by atoms with Gasteiger partial charge in [0.15, 0.2) is 6.10 Å². The van der Waals surface area contributed by atoms with Crippen molar-refractivity contribution in [2.24, 2.45) is 0 Å². The topological polar surface area (TPSA) is 49.8 Å². The van der Waals surface area contributed by atoms with Crippen molar-refractivity contribution in [1.29, 1.82) is 0 Å². The van der Waals surface area contributed by atoms with Gasteiger partial charge in [-0.25, -0.2) is 0 Å². The molecule has 0 aromatic heterocycles. The minimum atomic E-state index is -0.907. The Balaban J connectivity index is 2.66. The highest BCUT2D eigenvalue weighted by Crippen LogP contribution is 2.14. The number of hydrogen-bond donors (Lipinski definition) is 1. The number of amides is 1. The van der Waals surface area contributed by atoms with Crippen LogP contribution in [-0.2, 0) is 4.79 Å². The van der Waals surface area contributed by atoms with Gasteiger partial charge in [-0.3, -0.25) is 4.79 Å². The van der Waals surface area contributed by atoms with Gasteiger partial charge in [0.2, 0.25) is 0 Å². The van der Waals surface area contributed by atoms with Crippen LogP contribution in [0.4, 0.5) is 0 Å². The predicted molar refractivity (Wildman–Crippen MR) is 75.1 cm³/mol. The lowest BCUT2D eigenvalue weighted by molar-refractivity contribution is -0.140. The molecule has 0 spiro atoms. The quantitative estimate of drug-likeness (QED) is 0.856. The van der Waals surface area contributed by atoms with E-state index in [1.807, 2.05) is 37.3 Å². The van der Waals surface area contributed by atoms with Gasteiger partial charge in [-0.2, -0.15) is 0 Å². The van der Waals surface area contributed by atoms with Gasteiger partial charge >= 0.3 is 0 Å². The van der Waals surface area contributed by atoms with Crippen LogP contribution in [-0.4, -0.2) is 41.2 Å². The monoisotopic (exact) mass is 265 g/mol. The molecule has 4 nitrogen and oxygen atoms in total. The summed E-state index contributed by atoms with van der Waals surface area (Å²) in [5, 5.41) is 9.75. The van der Waals surface area contributed by atoms with Crippen LogP contribution in [0.25, 0.3) is 0 Å². The minimum absolute atomic E-state index is 0.117. The Morgan fingerprint density at radius 1 is 1.37 bits per heavy atom. The maximum Gasteiger partial charge on any atom is 0.263 e. The van der Waals surface area contributed by atoms with Crippen LogP contribution in [0, 0.1) is 0 Å². The molecule has 1 amide bonds. The van der Waals surface area contributed by atoms with Gasteiger partial charge in [-0.15, -0.1) is 0 Å². The van der Waals surface area contributed by atoms with Crippen molar-refractivity contribution >= 4 is 5.91 Å². The maximum atomic E-state index is 12.2. The van der Waals surface area contributed by atoms with E-state index < -0.39 is 11.7 Å². The van der Waals surface area contributed by atoms with Crippen molar-refractivity contribution in [3.63, 3.8) is 0 Å². The number of likely N-dealkylation sites (N-methyl/N-ethyl adjacent to an activating group) is 1. The maximum absolute atomic E-state index is 12.2. The molecule has 0 aliphatic heterocycles. The van der Waals surface area contributed by atoms with Crippen molar-refractivity contribution in [1.82, 2.24) is 4.90 Å². The molecule has 106 valence electrons. The molecular weight excluding hydrogens is 242 g/mol. The molecule has 1 N–H and O–H groups in total. The van der Waals surface area contributed by atoms with E-state index >= 15 is 0 Å². The average Bonchev–Trinajstić information content (AvgIpc) is 2.34. The van der Waals surface area contributed by atoms with Crippen LogP contribution in [0.1, 0.15) is 27.2 Å². The van der Waals surface area contributed by atoms with Gasteiger partial charge in [0.1, 0.15) is 5.75 Å². The molecule has 1 rings (SSSR count). The highest BCUT2D eigenvalue weighted by Gasteiger charge is 2.26. The van der Waals surface area contributed by atoms with Gasteiger partial charge in [0.25, 0.3) is 5.91 Å². The zero-order chi connectivity index (χ0) is 14.5. The molecular formula is C15H23NO3. The van der Waals surface area contributed by atoms with E-state index in [1.165, 1.54) is 4.90 Å². The second kappa shape index (κ2) is 6.57. The number of hydrogen-bond acceptors (Lipinski definition) is 3. The van der Waals surface area contributed by atoms with Crippen LogP contribution in [0.5, 0.6) is 5.75 Å². The number of nitrogens with zero attached hydrogens (tertiary/aromatic N) is 1. The van der Waals surface area contributed by atoms with E-state index in [1.54, 1.807) is 20.9 Å². The lowest BCUT2D eigenvalue weighted by atomic mass is 10.1. The lowest BCUT2D eigenvalue weighted by Crippen LogP contribution is -2.45. The summed E-state index contributed by atoms with van der Waals surface area (Å²) < 4.78 is 5.69. The van der Waals surface area contributed by atoms with E-state index in [2.05, 4.69) is 0 Å². The predicted octanol–water partition coefficient (Wildman–Crippen LogP) is 2.07. The molecule has 1 atom stereocenters. The van der Waals surface area contributed by atoms with Crippen LogP contribution < -0.4 is 4.74 Å². The van der Waals surface area contributed by atoms with Crippen molar-refractivity contribution < 1.29 is 14.6 Å². The summed E-state index contributed by atoms with van der Waals surface area (Å²) in [5.74, 6) is 0.563. The molecule has 0 aliphatic rings. The van der Waals surface area contributed by atoms with E-state index in [4.69, 9.17) is 4.74 Å². The molecule has 1 aromatic rings. The average molecular weight is 265 g/mol. The fraction of sp³-hybridized carbons (Fsp3) is 0.533. The summed E-state index contributed by atoms with van der Waals surface area (Å²) in [6, 6.07) is 9.29. The fourth-order valence-electron chi connectivity index (χ4n) is 1.88. The molecule has 0 aliphatic carbocycles. The number of benzene rings is 1. The summed E-state index contributed by atoms with van der Waals surface area (Å²) in [4.78, 5) is 13.8. The van der Waals surface area contributed by atoms with Gasteiger partial charge < -0.3 is 14.7 Å². The first-order valence-corrected chi connectivity index (χ1v) is 6.52. The number of rotatable bonds is 6. The van der Waals surface area contributed by atoms with Gasteiger partial charge in [0, 0.05) is 13.6 Å². The zero-order valence-corrected chi connectivity index (χ0v) is 12.1. The third-order valence-electron chi connectivity index (χ3n) is 2.67. The zero-order valence-electron chi connectivity index (χ0n) is 12.1. The first kappa shape index (κ1) is 15.5. The third-order valence-corrected chi connectivity index (χ3v) is 2.67. The second-order valence-electron chi connectivity index (χ2n) is 5.33. The Bertz CT molecular complexity index is 398.